The minimum Gasteiger partial charge on any atom is -0.313 e. The third-order valence-corrected chi connectivity index (χ3v) is 3.14. The van der Waals surface area contributed by atoms with Gasteiger partial charge in [0.1, 0.15) is 0 Å². The van der Waals surface area contributed by atoms with Crippen LogP contribution < -0.4 is 5.69 Å². The largest absolute Gasteiger partial charge is 0.325 e. The molecule has 78 valence electrons. The number of nitrogens with one attached hydrogen (secondary N) is 1. The molecule has 0 aliphatic heterocycles. The van der Waals surface area contributed by atoms with Gasteiger partial charge in [0.25, 0.3) is 0 Å². The molecule has 0 unspecified atom stereocenters. The monoisotopic (exact) mass is 194 g/mol. The fourth-order valence-electron chi connectivity index (χ4n) is 2.33. The highest BCUT2D eigenvalue weighted by Crippen LogP contribution is 2.24. The summed E-state index contributed by atoms with van der Waals surface area (Å²) in [5.41, 5.74) is 0.0515. The second kappa shape index (κ2) is 4.49. The third-order valence-electron chi connectivity index (χ3n) is 3.14. The molecule has 1 aromatic rings. The predicted molar refractivity (Wildman–Crippen MR) is 56.4 cm³/mol. The highest BCUT2D eigenvalue weighted by Gasteiger charge is 2.13. The summed E-state index contributed by atoms with van der Waals surface area (Å²) in [7, 11) is 0. The van der Waals surface area contributed by atoms with E-state index < -0.39 is 0 Å². The lowest BCUT2D eigenvalue weighted by molar-refractivity contribution is 0.365. The smallest absolute Gasteiger partial charge is 0.313 e. The van der Waals surface area contributed by atoms with E-state index in [1.807, 2.05) is 10.8 Å². The lowest BCUT2D eigenvalue weighted by atomic mass is 9.97. The van der Waals surface area contributed by atoms with Crippen molar-refractivity contribution < 1.29 is 0 Å². The Morgan fingerprint density at radius 3 is 2.36 bits per heavy atom. The van der Waals surface area contributed by atoms with Crippen LogP contribution in [-0.2, 0) is 0 Å². The fraction of sp³-hybridized carbons (Fsp3) is 0.727. The molecule has 1 aliphatic carbocycles. The molecule has 1 saturated carbocycles. The molecule has 0 saturated heterocycles. The van der Waals surface area contributed by atoms with Gasteiger partial charge in [0.05, 0.1) is 0 Å². The Kier molecular flexibility index (Phi) is 3.07. The van der Waals surface area contributed by atoms with Crippen LogP contribution >= 0.6 is 0 Å². The Morgan fingerprint density at radius 2 is 1.79 bits per heavy atom. The average Bonchev–Trinajstić information content (AvgIpc) is 2.51. The third kappa shape index (κ3) is 2.08. The van der Waals surface area contributed by atoms with Crippen molar-refractivity contribution in [1.82, 2.24) is 9.55 Å². The summed E-state index contributed by atoms with van der Waals surface area (Å²) in [5.74, 6) is 0. The quantitative estimate of drug-likeness (QED) is 0.732. The molecular formula is C11H18N2O. The SMILES string of the molecule is O=c1[nH]ccn1C1CCCCCCC1. The molecular weight excluding hydrogens is 176 g/mol. The Labute approximate surface area is 84.1 Å². The van der Waals surface area contributed by atoms with E-state index in [0.717, 1.165) is 12.8 Å². The molecule has 1 aromatic heterocycles. The van der Waals surface area contributed by atoms with Gasteiger partial charge < -0.3 is 4.98 Å². The maximum atomic E-state index is 11.4. The van der Waals surface area contributed by atoms with Crippen LogP contribution in [0.5, 0.6) is 0 Å². The number of hydrogen-bond acceptors (Lipinski definition) is 1. The van der Waals surface area contributed by atoms with E-state index in [-0.39, 0.29) is 5.69 Å². The molecule has 3 nitrogen and oxygen atoms in total. The van der Waals surface area contributed by atoms with E-state index >= 15 is 0 Å². The standard InChI is InChI=1S/C11H18N2O/c14-11-12-8-9-13(11)10-6-4-2-1-3-5-7-10/h8-10H,1-7H2,(H,12,14). The van der Waals surface area contributed by atoms with Gasteiger partial charge in [-0.05, 0) is 12.8 Å². The van der Waals surface area contributed by atoms with E-state index in [1.54, 1.807) is 6.20 Å². The van der Waals surface area contributed by atoms with Crippen LogP contribution in [0.2, 0.25) is 0 Å². The second-order valence-corrected chi connectivity index (χ2v) is 4.17. The van der Waals surface area contributed by atoms with Gasteiger partial charge in [0, 0.05) is 18.4 Å². The molecule has 1 N–H and O–H groups in total. The van der Waals surface area contributed by atoms with Crippen LogP contribution in [-0.4, -0.2) is 9.55 Å². The zero-order valence-corrected chi connectivity index (χ0v) is 8.54. The van der Waals surface area contributed by atoms with Gasteiger partial charge in [-0.15, -0.1) is 0 Å². The molecule has 0 radical (unpaired) electrons. The Hall–Kier alpha value is -0.990. The first kappa shape index (κ1) is 9.56. The molecule has 1 heterocycles. The molecule has 14 heavy (non-hydrogen) atoms. The van der Waals surface area contributed by atoms with E-state index in [4.69, 9.17) is 0 Å². The van der Waals surface area contributed by atoms with Crippen molar-refractivity contribution in [3.8, 4) is 0 Å². The van der Waals surface area contributed by atoms with Gasteiger partial charge in [-0.2, -0.15) is 0 Å². The molecule has 2 rings (SSSR count). The van der Waals surface area contributed by atoms with Gasteiger partial charge >= 0.3 is 5.69 Å². The van der Waals surface area contributed by atoms with Crippen molar-refractivity contribution in [2.24, 2.45) is 0 Å². The van der Waals surface area contributed by atoms with Crippen molar-refractivity contribution in [3.05, 3.63) is 22.9 Å². The van der Waals surface area contributed by atoms with Crippen molar-refractivity contribution in [2.45, 2.75) is 51.0 Å². The number of aromatic amines is 1. The molecule has 0 atom stereocenters. The van der Waals surface area contributed by atoms with E-state index in [9.17, 15) is 4.79 Å². The van der Waals surface area contributed by atoms with Crippen LogP contribution in [0.1, 0.15) is 51.0 Å². The number of H-pyrrole nitrogens is 1. The number of rotatable bonds is 1. The number of hydrogen-bond donors (Lipinski definition) is 1. The maximum Gasteiger partial charge on any atom is 0.325 e. The van der Waals surface area contributed by atoms with Crippen molar-refractivity contribution in [3.63, 3.8) is 0 Å². The number of imidazole rings is 1. The Bertz CT molecular complexity index is 318. The van der Waals surface area contributed by atoms with Crippen LogP contribution in [0.25, 0.3) is 0 Å². The van der Waals surface area contributed by atoms with Crippen LogP contribution in [0.3, 0.4) is 0 Å². The molecule has 0 bridgehead atoms. The summed E-state index contributed by atoms with van der Waals surface area (Å²) in [6, 6.07) is 0.439. The van der Waals surface area contributed by atoms with Crippen LogP contribution in [0, 0.1) is 0 Å². The van der Waals surface area contributed by atoms with Crippen molar-refractivity contribution in [2.75, 3.05) is 0 Å². The number of nitrogens with zero attached hydrogens (tertiary/aromatic N) is 1. The lowest BCUT2D eigenvalue weighted by Gasteiger charge is -2.19. The second-order valence-electron chi connectivity index (χ2n) is 4.17. The average molecular weight is 194 g/mol. The lowest BCUT2D eigenvalue weighted by Crippen LogP contribution is -2.22. The number of aromatic nitrogens is 2. The molecule has 1 fully saturated rings. The summed E-state index contributed by atoms with van der Waals surface area (Å²) in [6.45, 7) is 0. The van der Waals surface area contributed by atoms with Gasteiger partial charge in [-0.25, -0.2) is 4.79 Å². The van der Waals surface area contributed by atoms with E-state index in [0.29, 0.717) is 6.04 Å². The first-order valence-electron chi connectivity index (χ1n) is 5.63. The molecule has 3 heteroatoms. The Morgan fingerprint density at radius 1 is 1.14 bits per heavy atom. The zero-order chi connectivity index (χ0) is 9.80. The van der Waals surface area contributed by atoms with Gasteiger partial charge in [-0.3, -0.25) is 4.57 Å². The summed E-state index contributed by atoms with van der Waals surface area (Å²) in [5, 5.41) is 0. The topological polar surface area (TPSA) is 37.8 Å². The predicted octanol–water partition coefficient (Wildman–Crippen LogP) is 2.46. The molecule has 0 amide bonds. The highest BCUT2D eigenvalue weighted by molar-refractivity contribution is 4.82. The van der Waals surface area contributed by atoms with Gasteiger partial charge in [0.2, 0.25) is 0 Å². The van der Waals surface area contributed by atoms with Crippen LogP contribution in [0.4, 0.5) is 0 Å². The van der Waals surface area contributed by atoms with Gasteiger partial charge in [-0.1, -0.05) is 32.1 Å². The zero-order valence-electron chi connectivity index (χ0n) is 8.54. The van der Waals surface area contributed by atoms with Crippen LogP contribution in [0.15, 0.2) is 17.2 Å². The highest BCUT2D eigenvalue weighted by atomic mass is 16.1. The van der Waals surface area contributed by atoms with E-state index in [1.165, 1.54) is 32.1 Å². The van der Waals surface area contributed by atoms with E-state index in [2.05, 4.69) is 4.98 Å². The molecule has 1 aliphatic rings. The van der Waals surface area contributed by atoms with Gasteiger partial charge in [0.15, 0.2) is 0 Å². The summed E-state index contributed by atoms with van der Waals surface area (Å²) in [6.07, 6.45) is 12.5. The minimum atomic E-state index is 0.0515. The fourth-order valence-corrected chi connectivity index (χ4v) is 2.33. The Balaban J connectivity index is 2.08. The summed E-state index contributed by atoms with van der Waals surface area (Å²) < 4.78 is 1.87. The summed E-state index contributed by atoms with van der Waals surface area (Å²) in [4.78, 5) is 14.1. The minimum absolute atomic E-state index is 0.0515. The van der Waals surface area contributed by atoms with Crippen molar-refractivity contribution in [1.29, 1.82) is 0 Å². The molecule has 0 spiro atoms. The maximum absolute atomic E-state index is 11.4. The normalized spacial score (nSPS) is 20.3. The van der Waals surface area contributed by atoms with Crippen molar-refractivity contribution >= 4 is 0 Å². The molecule has 0 aromatic carbocycles. The summed E-state index contributed by atoms with van der Waals surface area (Å²) >= 11 is 0. The first-order valence-corrected chi connectivity index (χ1v) is 5.63. The first-order chi connectivity index (χ1) is 6.88.